The molecule has 1 fully saturated rings. The van der Waals surface area contributed by atoms with E-state index in [-0.39, 0.29) is 6.61 Å². The van der Waals surface area contributed by atoms with E-state index in [1.54, 1.807) is 0 Å². The fourth-order valence-electron chi connectivity index (χ4n) is 2.69. The molecule has 1 atom stereocenters. The third-order valence-corrected chi connectivity index (χ3v) is 3.56. The molecule has 1 aromatic rings. The second kappa shape index (κ2) is 6.76. The zero-order valence-electron chi connectivity index (χ0n) is 11.1. The number of aliphatic hydroxyl groups is 1. The van der Waals surface area contributed by atoms with Gasteiger partial charge < -0.3 is 9.84 Å². The number of hydrogen-bond acceptors (Lipinski definition) is 3. The first-order valence-corrected chi connectivity index (χ1v) is 6.93. The summed E-state index contributed by atoms with van der Waals surface area (Å²) in [6.07, 6.45) is 3.37. The zero-order valence-corrected chi connectivity index (χ0v) is 11.1. The molecule has 0 spiro atoms. The molecule has 1 N–H and O–H groups in total. The van der Waals surface area contributed by atoms with Crippen LogP contribution in [0.15, 0.2) is 24.3 Å². The van der Waals surface area contributed by atoms with Crippen molar-refractivity contribution in [1.29, 1.82) is 0 Å². The smallest absolute Gasteiger partial charge is 0.119 e. The van der Waals surface area contributed by atoms with Gasteiger partial charge in [0.2, 0.25) is 0 Å². The highest BCUT2D eigenvalue weighted by Gasteiger charge is 2.22. The van der Waals surface area contributed by atoms with Crippen molar-refractivity contribution in [2.24, 2.45) is 0 Å². The molecule has 0 aromatic heterocycles. The Balaban J connectivity index is 2.09. The highest BCUT2D eigenvalue weighted by molar-refractivity contribution is 5.29. The molecule has 0 radical (unpaired) electrons. The van der Waals surface area contributed by atoms with Gasteiger partial charge in [-0.1, -0.05) is 12.1 Å². The third kappa shape index (κ3) is 3.24. The van der Waals surface area contributed by atoms with Crippen LogP contribution in [0.25, 0.3) is 0 Å². The predicted molar refractivity (Wildman–Crippen MR) is 72.9 cm³/mol. The average molecular weight is 249 g/mol. The van der Waals surface area contributed by atoms with E-state index in [2.05, 4.69) is 17.0 Å². The highest BCUT2D eigenvalue weighted by Crippen LogP contribution is 2.28. The number of likely N-dealkylation sites (tertiary alicyclic amines) is 1. The summed E-state index contributed by atoms with van der Waals surface area (Å²) >= 11 is 0. The Hall–Kier alpha value is -1.06. The largest absolute Gasteiger partial charge is 0.494 e. The molecule has 3 heteroatoms. The number of benzene rings is 1. The Kier molecular flexibility index (Phi) is 5.02. The van der Waals surface area contributed by atoms with Crippen LogP contribution in [0, 0.1) is 0 Å². The van der Waals surface area contributed by atoms with Crippen molar-refractivity contribution in [3.63, 3.8) is 0 Å². The molecule has 1 aliphatic rings. The lowest BCUT2D eigenvalue weighted by molar-refractivity contribution is 0.185. The van der Waals surface area contributed by atoms with E-state index in [4.69, 9.17) is 4.74 Å². The maximum atomic E-state index is 9.25. The lowest BCUT2D eigenvalue weighted by Gasteiger charge is -2.27. The first kappa shape index (κ1) is 13.4. The van der Waals surface area contributed by atoms with Crippen LogP contribution in [0.3, 0.4) is 0 Å². The van der Waals surface area contributed by atoms with Gasteiger partial charge in [-0.2, -0.15) is 0 Å². The molecule has 1 heterocycles. The summed E-state index contributed by atoms with van der Waals surface area (Å²) in [5, 5.41) is 9.25. The van der Waals surface area contributed by atoms with Crippen LogP contribution < -0.4 is 4.74 Å². The molecule has 1 unspecified atom stereocenters. The Morgan fingerprint density at radius 3 is 2.44 bits per heavy atom. The van der Waals surface area contributed by atoms with E-state index in [9.17, 15) is 5.11 Å². The molecule has 0 saturated carbocycles. The van der Waals surface area contributed by atoms with Crippen LogP contribution in [0.5, 0.6) is 5.75 Å². The minimum atomic E-state index is 0.244. The molecule has 1 aromatic carbocycles. The third-order valence-electron chi connectivity index (χ3n) is 3.56. The molecule has 0 amide bonds. The fraction of sp³-hybridized carbons (Fsp3) is 0.600. The van der Waals surface area contributed by atoms with Gasteiger partial charge in [0, 0.05) is 12.6 Å². The van der Waals surface area contributed by atoms with Gasteiger partial charge in [-0.3, -0.25) is 4.90 Å². The van der Waals surface area contributed by atoms with Gasteiger partial charge in [-0.15, -0.1) is 0 Å². The molecule has 18 heavy (non-hydrogen) atoms. The van der Waals surface area contributed by atoms with E-state index >= 15 is 0 Å². The summed E-state index contributed by atoms with van der Waals surface area (Å²) < 4.78 is 5.46. The van der Waals surface area contributed by atoms with Crippen molar-refractivity contribution in [3.8, 4) is 5.75 Å². The SMILES string of the molecule is CCOc1ccc(C(CCO)N2CCCC2)cc1. The number of ether oxygens (including phenoxy) is 1. The van der Waals surface area contributed by atoms with E-state index in [0.29, 0.717) is 12.6 Å². The van der Waals surface area contributed by atoms with E-state index in [0.717, 1.165) is 25.3 Å². The van der Waals surface area contributed by atoms with Gasteiger partial charge in [0.15, 0.2) is 0 Å². The predicted octanol–water partition coefficient (Wildman–Crippen LogP) is 2.60. The first-order chi connectivity index (χ1) is 8.85. The van der Waals surface area contributed by atoms with E-state index in [1.807, 2.05) is 19.1 Å². The summed E-state index contributed by atoms with van der Waals surface area (Å²) in [5.41, 5.74) is 1.29. The maximum absolute atomic E-state index is 9.25. The molecule has 3 nitrogen and oxygen atoms in total. The normalized spacial score (nSPS) is 17.9. The Bertz CT molecular complexity index is 344. The van der Waals surface area contributed by atoms with Crippen molar-refractivity contribution in [1.82, 2.24) is 4.90 Å². The van der Waals surface area contributed by atoms with Crippen LogP contribution in [0.2, 0.25) is 0 Å². The van der Waals surface area contributed by atoms with Gasteiger partial charge in [0.25, 0.3) is 0 Å². The van der Waals surface area contributed by atoms with E-state index in [1.165, 1.54) is 18.4 Å². The average Bonchev–Trinajstić information content (AvgIpc) is 2.91. The van der Waals surface area contributed by atoms with Gasteiger partial charge in [-0.05, 0) is 57.0 Å². The molecule has 0 bridgehead atoms. The van der Waals surface area contributed by atoms with Crippen LogP contribution in [-0.2, 0) is 0 Å². The Labute approximate surface area is 109 Å². The molecule has 1 saturated heterocycles. The summed E-state index contributed by atoms with van der Waals surface area (Å²) in [4.78, 5) is 2.48. The topological polar surface area (TPSA) is 32.7 Å². The van der Waals surface area contributed by atoms with Gasteiger partial charge >= 0.3 is 0 Å². The number of nitrogens with zero attached hydrogens (tertiary/aromatic N) is 1. The minimum Gasteiger partial charge on any atom is -0.494 e. The van der Waals surface area contributed by atoms with Crippen molar-refractivity contribution >= 4 is 0 Å². The van der Waals surface area contributed by atoms with Crippen molar-refractivity contribution < 1.29 is 9.84 Å². The summed E-state index contributed by atoms with van der Waals surface area (Å²) in [6.45, 7) is 5.24. The Morgan fingerprint density at radius 1 is 1.22 bits per heavy atom. The van der Waals surface area contributed by atoms with Gasteiger partial charge in [-0.25, -0.2) is 0 Å². The molecule has 100 valence electrons. The van der Waals surface area contributed by atoms with Crippen LogP contribution in [-0.4, -0.2) is 36.3 Å². The lowest BCUT2D eigenvalue weighted by atomic mass is 10.0. The molecule has 1 aliphatic heterocycles. The minimum absolute atomic E-state index is 0.244. The molecular weight excluding hydrogens is 226 g/mol. The highest BCUT2D eigenvalue weighted by atomic mass is 16.5. The first-order valence-electron chi connectivity index (χ1n) is 6.93. The van der Waals surface area contributed by atoms with Crippen molar-refractivity contribution in [2.45, 2.75) is 32.2 Å². The molecular formula is C15H23NO2. The fourth-order valence-corrected chi connectivity index (χ4v) is 2.69. The molecule has 0 aliphatic carbocycles. The quantitative estimate of drug-likeness (QED) is 0.841. The zero-order chi connectivity index (χ0) is 12.8. The summed E-state index contributed by atoms with van der Waals surface area (Å²) in [5.74, 6) is 0.922. The number of hydrogen-bond donors (Lipinski definition) is 1. The van der Waals surface area contributed by atoms with Crippen molar-refractivity contribution in [3.05, 3.63) is 29.8 Å². The summed E-state index contributed by atoms with van der Waals surface area (Å²) in [7, 11) is 0. The molecule has 2 rings (SSSR count). The number of aliphatic hydroxyl groups excluding tert-OH is 1. The maximum Gasteiger partial charge on any atom is 0.119 e. The summed E-state index contributed by atoms with van der Waals surface area (Å²) in [6, 6.07) is 8.67. The number of rotatable bonds is 6. The van der Waals surface area contributed by atoms with Crippen LogP contribution in [0.1, 0.15) is 37.8 Å². The monoisotopic (exact) mass is 249 g/mol. The second-order valence-electron chi connectivity index (χ2n) is 4.77. The second-order valence-corrected chi connectivity index (χ2v) is 4.77. The van der Waals surface area contributed by atoms with Crippen LogP contribution >= 0.6 is 0 Å². The van der Waals surface area contributed by atoms with Crippen LogP contribution in [0.4, 0.5) is 0 Å². The van der Waals surface area contributed by atoms with Crippen molar-refractivity contribution in [2.75, 3.05) is 26.3 Å². The standard InChI is InChI=1S/C15H23NO2/c1-2-18-14-7-5-13(6-8-14)15(9-12-17)16-10-3-4-11-16/h5-8,15,17H,2-4,9-12H2,1H3. The van der Waals surface area contributed by atoms with E-state index < -0.39 is 0 Å². The van der Waals surface area contributed by atoms with Gasteiger partial charge in [0.1, 0.15) is 5.75 Å². The Morgan fingerprint density at radius 2 is 1.89 bits per heavy atom. The van der Waals surface area contributed by atoms with Gasteiger partial charge in [0.05, 0.1) is 6.61 Å². The lowest BCUT2D eigenvalue weighted by Crippen LogP contribution is -2.26.